The Labute approximate surface area is 114 Å². The Balaban J connectivity index is 1.95. The van der Waals surface area contributed by atoms with Crippen LogP contribution in [0.5, 0.6) is 0 Å². The van der Waals surface area contributed by atoms with E-state index < -0.39 is 0 Å². The van der Waals surface area contributed by atoms with E-state index in [0.29, 0.717) is 0 Å². The van der Waals surface area contributed by atoms with Gasteiger partial charge in [-0.3, -0.25) is 4.99 Å². The number of rotatable bonds is 2. The molecule has 0 aromatic heterocycles. The highest BCUT2D eigenvalue weighted by Crippen LogP contribution is 2.30. The van der Waals surface area contributed by atoms with E-state index in [0.717, 1.165) is 0 Å². The topological polar surface area (TPSA) is 12.4 Å². The SMILES string of the molecule is Cc1cccc(C2=CC(c3ccccc3C)N=C2)c1. The first-order valence-corrected chi connectivity index (χ1v) is 6.61. The average molecular weight is 247 g/mol. The first kappa shape index (κ1) is 11.9. The van der Waals surface area contributed by atoms with Crippen LogP contribution in [0.15, 0.2) is 59.6 Å². The van der Waals surface area contributed by atoms with Gasteiger partial charge < -0.3 is 0 Å². The van der Waals surface area contributed by atoms with Crippen molar-refractivity contribution in [3.8, 4) is 0 Å². The molecule has 1 aliphatic heterocycles. The van der Waals surface area contributed by atoms with Gasteiger partial charge >= 0.3 is 0 Å². The van der Waals surface area contributed by atoms with Crippen LogP contribution in [0.4, 0.5) is 0 Å². The number of hydrogen-bond acceptors (Lipinski definition) is 1. The molecule has 0 fully saturated rings. The van der Waals surface area contributed by atoms with Gasteiger partial charge in [0, 0.05) is 6.21 Å². The lowest BCUT2D eigenvalue weighted by Crippen LogP contribution is -1.92. The van der Waals surface area contributed by atoms with Gasteiger partial charge in [0.2, 0.25) is 0 Å². The van der Waals surface area contributed by atoms with Gasteiger partial charge in [-0.15, -0.1) is 0 Å². The van der Waals surface area contributed by atoms with Gasteiger partial charge in [-0.2, -0.15) is 0 Å². The van der Waals surface area contributed by atoms with Crippen molar-refractivity contribution in [2.45, 2.75) is 19.9 Å². The number of benzene rings is 2. The Hall–Kier alpha value is -2.15. The van der Waals surface area contributed by atoms with E-state index in [1.807, 2.05) is 6.21 Å². The van der Waals surface area contributed by atoms with Crippen LogP contribution in [0, 0.1) is 13.8 Å². The lowest BCUT2D eigenvalue weighted by Gasteiger charge is -2.08. The maximum absolute atomic E-state index is 4.64. The minimum atomic E-state index is 0.164. The summed E-state index contributed by atoms with van der Waals surface area (Å²) in [6.07, 6.45) is 4.24. The lowest BCUT2D eigenvalue weighted by molar-refractivity contribution is 0.923. The third-order valence-corrected chi connectivity index (χ3v) is 3.57. The molecule has 19 heavy (non-hydrogen) atoms. The molecule has 1 aliphatic rings. The summed E-state index contributed by atoms with van der Waals surface area (Å²) in [6.45, 7) is 4.26. The summed E-state index contributed by atoms with van der Waals surface area (Å²) in [5.41, 5.74) is 6.34. The van der Waals surface area contributed by atoms with E-state index in [2.05, 4.69) is 73.4 Å². The van der Waals surface area contributed by atoms with Crippen LogP contribution in [0.2, 0.25) is 0 Å². The zero-order valence-corrected chi connectivity index (χ0v) is 11.3. The second kappa shape index (κ2) is 4.85. The molecule has 0 saturated heterocycles. The molecule has 0 aliphatic carbocycles. The second-order valence-electron chi connectivity index (χ2n) is 5.07. The first-order valence-electron chi connectivity index (χ1n) is 6.61. The quantitative estimate of drug-likeness (QED) is 0.740. The highest BCUT2D eigenvalue weighted by molar-refractivity contribution is 6.11. The molecule has 3 rings (SSSR count). The van der Waals surface area contributed by atoms with E-state index in [9.17, 15) is 0 Å². The molecule has 1 nitrogen and oxygen atoms in total. The molecule has 0 amide bonds. The molecular formula is C18H17N. The standard InChI is InChI=1S/C18H17N/c1-13-6-5-8-15(10-13)16-11-18(19-12-16)17-9-4-3-7-14(17)2/h3-12,18H,1-2H3. The van der Waals surface area contributed by atoms with Crippen molar-refractivity contribution in [3.05, 3.63) is 76.9 Å². The highest BCUT2D eigenvalue weighted by atomic mass is 14.8. The summed E-state index contributed by atoms with van der Waals surface area (Å²) < 4.78 is 0. The third-order valence-electron chi connectivity index (χ3n) is 3.57. The lowest BCUT2D eigenvalue weighted by atomic mass is 9.99. The predicted molar refractivity (Wildman–Crippen MR) is 81.6 cm³/mol. The molecule has 1 unspecified atom stereocenters. The van der Waals surface area contributed by atoms with Crippen LogP contribution in [-0.2, 0) is 0 Å². The summed E-state index contributed by atoms with van der Waals surface area (Å²) in [5.74, 6) is 0. The molecule has 1 heteroatoms. The van der Waals surface area contributed by atoms with E-state index >= 15 is 0 Å². The Morgan fingerprint density at radius 2 is 1.79 bits per heavy atom. The zero-order chi connectivity index (χ0) is 13.2. The minimum absolute atomic E-state index is 0.164. The van der Waals surface area contributed by atoms with E-state index in [1.165, 1.54) is 27.8 Å². The maximum atomic E-state index is 4.64. The predicted octanol–water partition coefficient (Wildman–Crippen LogP) is 4.51. The number of allylic oxidation sites excluding steroid dienone is 1. The van der Waals surface area contributed by atoms with Gasteiger partial charge in [-0.25, -0.2) is 0 Å². The first-order chi connectivity index (χ1) is 9.24. The van der Waals surface area contributed by atoms with Crippen LogP contribution in [0.1, 0.15) is 28.3 Å². The maximum Gasteiger partial charge on any atom is 0.0942 e. The van der Waals surface area contributed by atoms with Crippen molar-refractivity contribution < 1.29 is 0 Å². The number of hydrogen-bond donors (Lipinski definition) is 0. The Morgan fingerprint density at radius 1 is 0.947 bits per heavy atom. The fraction of sp³-hybridized carbons (Fsp3) is 0.167. The highest BCUT2D eigenvalue weighted by Gasteiger charge is 2.15. The summed E-state index contributed by atoms with van der Waals surface area (Å²) in [7, 11) is 0. The monoisotopic (exact) mass is 247 g/mol. The van der Waals surface area contributed by atoms with Crippen molar-refractivity contribution in [3.63, 3.8) is 0 Å². The molecule has 1 atom stereocenters. The molecular weight excluding hydrogens is 230 g/mol. The van der Waals surface area contributed by atoms with Crippen LogP contribution in [0.25, 0.3) is 5.57 Å². The van der Waals surface area contributed by atoms with Gasteiger partial charge in [0.15, 0.2) is 0 Å². The molecule has 0 bridgehead atoms. The van der Waals surface area contributed by atoms with Crippen LogP contribution in [0.3, 0.4) is 0 Å². The summed E-state index contributed by atoms with van der Waals surface area (Å²) >= 11 is 0. The average Bonchev–Trinajstić information content (AvgIpc) is 2.89. The van der Waals surface area contributed by atoms with Crippen LogP contribution >= 0.6 is 0 Å². The zero-order valence-electron chi connectivity index (χ0n) is 11.3. The molecule has 0 spiro atoms. The van der Waals surface area contributed by atoms with Crippen molar-refractivity contribution >= 4 is 11.8 Å². The summed E-state index contributed by atoms with van der Waals surface area (Å²) in [5, 5.41) is 0. The van der Waals surface area contributed by atoms with Gasteiger partial charge in [0.05, 0.1) is 6.04 Å². The molecule has 0 radical (unpaired) electrons. The number of aliphatic imine (C=N–C) groups is 1. The Bertz CT molecular complexity index is 665. The van der Waals surface area contributed by atoms with Gasteiger partial charge in [-0.1, -0.05) is 54.1 Å². The van der Waals surface area contributed by atoms with E-state index in [-0.39, 0.29) is 6.04 Å². The van der Waals surface area contributed by atoms with E-state index in [1.54, 1.807) is 0 Å². The third kappa shape index (κ3) is 2.37. The minimum Gasteiger partial charge on any atom is -0.280 e. The van der Waals surface area contributed by atoms with Crippen molar-refractivity contribution in [1.82, 2.24) is 0 Å². The smallest absolute Gasteiger partial charge is 0.0942 e. The normalized spacial score (nSPS) is 17.6. The van der Waals surface area contributed by atoms with Crippen molar-refractivity contribution in [1.29, 1.82) is 0 Å². The van der Waals surface area contributed by atoms with Gasteiger partial charge in [0.1, 0.15) is 0 Å². The molecule has 2 aromatic carbocycles. The van der Waals surface area contributed by atoms with Gasteiger partial charge in [0.25, 0.3) is 0 Å². The van der Waals surface area contributed by atoms with Gasteiger partial charge in [-0.05, 0) is 42.2 Å². The number of nitrogens with zero attached hydrogens (tertiary/aromatic N) is 1. The number of aryl methyl sites for hydroxylation is 2. The molecule has 0 saturated carbocycles. The fourth-order valence-electron chi connectivity index (χ4n) is 2.50. The van der Waals surface area contributed by atoms with Crippen LogP contribution < -0.4 is 0 Å². The van der Waals surface area contributed by atoms with Crippen molar-refractivity contribution in [2.75, 3.05) is 0 Å². The van der Waals surface area contributed by atoms with E-state index in [4.69, 9.17) is 0 Å². The molecule has 0 N–H and O–H groups in total. The Kier molecular flexibility index (Phi) is 3.04. The molecule has 2 aromatic rings. The van der Waals surface area contributed by atoms with Crippen molar-refractivity contribution in [2.24, 2.45) is 4.99 Å². The summed E-state index contributed by atoms with van der Waals surface area (Å²) in [4.78, 5) is 4.64. The summed E-state index contributed by atoms with van der Waals surface area (Å²) in [6, 6.07) is 17.2. The fourth-order valence-corrected chi connectivity index (χ4v) is 2.50. The van der Waals surface area contributed by atoms with Crippen LogP contribution in [-0.4, -0.2) is 6.21 Å². The molecule has 1 heterocycles. The molecule has 94 valence electrons. The largest absolute Gasteiger partial charge is 0.280 e. The Morgan fingerprint density at radius 3 is 2.58 bits per heavy atom. The second-order valence-corrected chi connectivity index (χ2v) is 5.07.